The molecule has 0 saturated carbocycles. The van der Waals surface area contributed by atoms with Crippen LogP contribution in [-0.4, -0.2) is 19.1 Å². The van der Waals surface area contributed by atoms with Gasteiger partial charge in [-0.05, 0) is 45.3 Å². The number of hydrogen-bond acceptors (Lipinski definition) is 2. The fourth-order valence-corrected chi connectivity index (χ4v) is 2.46. The first-order valence-corrected chi connectivity index (χ1v) is 6.48. The van der Waals surface area contributed by atoms with Crippen molar-refractivity contribution in [2.45, 2.75) is 38.3 Å². The van der Waals surface area contributed by atoms with Gasteiger partial charge < -0.3 is 10.6 Å². The molecule has 0 aliphatic carbocycles. The minimum Gasteiger partial charge on any atom is -0.317 e. The summed E-state index contributed by atoms with van der Waals surface area (Å²) < 4.78 is 13.6. The van der Waals surface area contributed by atoms with Crippen LogP contribution in [0.25, 0.3) is 0 Å². The van der Waals surface area contributed by atoms with Crippen molar-refractivity contribution >= 4 is 0 Å². The van der Waals surface area contributed by atoms with Crippen molar-refractivity contribution in [3.8, 4) is 0 Å². The van der Waals surface area contributed by atoms with Crippen LogP contribution >= 0.6 is 0 Å². The Labute approximate surface area is 103 Å². The molecule has 0 amide bonds. The third-order valence-electron chi connectivity index (χ3n) is 3.43. The van der Waals surface area contributed by atoms with Crippen LogP contribution in [-0.2, 0) is 0 Å². The zero-order valence-corrected chi connectivity index (χ0v) is 10.4. The van der Waals surface area contributed by atoms with Crippen LogP contribution in [0.2, 0.25) is 0 Å². The molecule has 0 spiro atoms. The lowest BCUT2D eigenvalue weighted by Crippen LogP contribution is -2.32. The highest BCUT2D eigenvalue weighted by Crippen LogP contribution is 2.18. The average molecular weight is 236 g/mol. The van der Waals surface area contributed by atoms with Gasteiger partial charge in [-0.1, -0.05) is 18.2 Å². The lowest BCUT2D eigenvalue weighted by molar-refractivity contribution is 0.412. The van der Waals surface area contributed by atoms with E-state index in [0.717, 1.165) is 25.1 Å². The quantitative estimate of drug-likeness (QED) is 0.843. The topological polar surface area (TPSA) is 24.1 Å². The Bertz CT molecular complexity index is 346. The summed E-state index contributed by atoms with van der Waals surface area (Å²) in [5, 5.41) is 6.92. The fraction of sp³-hybridized carbons (Fsp3) is 0.571. The third kappa shape index (κ3) is 3.51. The van der Waals surface area contributed by atoms with Crippen LogP contribution in [0.4, 0.5) is 4.39 Å². The summed E-state index contributed by atoms with van der Waals surface area (Å²) in [4.78, 5) is 0. The number of hydrogen-bond donors (Lipinski definition) is 2. The van der Waals surface area contributed by atoms with Crippen molar-refractivity contribution in [3.05, 3.63) is 35.6 Å². The highest BCUT2D eigenvalue weighted by molar-refractivity contribution is 5.20. The second-order valence-electron chi connectivity index (χ2n) is 4.79. The summed E-state index contributed by atoms with van der Waals surface area (Å²) in [6.45, 7) is 4.20. The van der Waals surface area contributed by atoms with Gasteiger partial charge in [0, 0.05) is 17.6 Å². The smallest absolute Gasteiger partial charge is 0.127 e. The van der Waals surface area contributed by atoms with Gasteiger partial charge in [0.2, 0.25) is 0 Å². The normalized spacial score (nSPS) is 23.1. The summed E-state index contributed by atoms with van der Waals surface area (Å²) >= 11 is 0. The van der Waals surface area contributed by atoms with E-state index in [1.807, 2.05) is 19.1 Å². The SMILES string of the molecule is C[C@@H](NC1CCCNCC1)c1ccccc1F. The Morgan fingerprint density at radius 3 is 2.94 bits per heavy atom. The number of benzene rings is 1. The van der Waals surface area contributed by atoms with Gasteiger partial charge >= 0.3 is 0 Å². The van der Waals surface area contributed by atoms with Crippen molar-refractivity contribution in [3.63, 3.8) is 0 Å². The predicted molar refractivity (Wildman–Crippen MR) is 68.5 cm³/mol. The Balaban J connectivity index is 1.96. The van der Waals surface area contributed by atoms with Crippen molar-refractivity contribution in [2.24, 2.45) is 0 Å². The summed E-state index contributed by atoms with van der Waals surface area (Å²) in [5.41, 5.74) is 0.768. The molecule has 2 atom stereocenters. The fourth-order valence-electron chi connectivity index (χ4n) is 2.46. The molecule has 0 radical (unpaired) electrons. The first-order chi connectivity index (χ1) is 8.27. The molecule has 1 saturated heterocycles. The molecule has 2 rings (SSSR count). The van der Waals surface area contributed by atoms with E-state index in [-0.39, 0.29) is 11.9 Å². The first kappa shape index (κ1) is 12.5. The maximum absolute atomic E-state index is 13.6. The highest BCUT2D eigenvalue weighted by atomic mass is 19.1. The summed E-state index contributed by atoms with van der Waals surface area (Å²) in [5.74, 6) is -0.112. The lowest BCUT2D eigenvalue weighted by Gasteiger charge is -2.22. The minimum atomic E-state index is -0.112. The Morgan fingerprint density at radius 1 is 1.29 bits per heavy atom. The zero-order chi connectivity index (χ0) is 12.1. The van der Waals surface area contributed by atoms with E-state index in [9.17, 15) is 4.39 Å². The van der Waals surface area contributed by atoms with Crippen LogP contribution in [0.3, 0.4) is 0 Å². The van der Waals surface area contributed by atoms with E-state index in [4.69, 9.17) is 0 Å². The Kier molecular flexibility index (Phi) is 4.51. The van der Waals surface area contributed by atoms with Crippen LogP contribution in [0.15, 0.2) is 24.3 Å². The standard InChI is InChI=1S/C14H21FN2/c1-11(13-6-2-3-7-14(13)15)17-12-5-4-9-16-10-8-12/h2-3,6-7,11-12,16-17H,4-5,8-10H2,1H3/t11-,12?/m1/s1. The molecular formula is C14H21FN2. The van der Waals surface area contributed by atoms with Crippen molar-refractivity contribution in [1.82, 2.24) is 10.6 Å². The molecule has 94 valence electrons. The maximum Gasteiger partial charge on any atom is 0.127 e. The molecule has 1 unspecified atom stereocenters. The molecule has 1 aliphatic heterocycles. The molecule has 0 aromatic heterocycles. The largest absolute Gasteiger partial charge is 0.317 e. The van der Waals surface area contributed by atoms with Crippen molar-refractivity contribution in [1.29, 1.82) is 0 Å². The Morgan fingerprint density at radius 2 is 2.12 bits per heavy atom. The third-order valence-corrected chi connectivity index (χ3v) is 3.43. The van der Waals surface area contributed by atoms with Crippen LogP contribution in [0, 0.1) is 5.82 Å². The molecule has 1 fully saturated rings. The van der Waals surface area contributed by atoms with Crippen LogP contribution in [0.5, 0.6) is 0 Å². The van der Waals surface area contributed by atoms with Gasteiger partial charge in [-0.3, -0.25) is 0 Å². The predicted octanol–water partition coefficient (Wildman–Crippen LogP) is 2.62. The van der Waals surface area contributed by atoms with Gasteiger partial charge in [-0.2, -0.15) is 0 Å². The van der Waals surface area contributed by atoms with E-state index < -0.39 is 0 Å². The summed E-state index contributed by atoms with van der Waals surface area (Å²) in [7, 11) is 0. The number of halogens is 1. The molecular weight excluding hydrogens is 215 g/mol. The highest BCUT2D eigenvalue weighted by Gasteiger charge is 2.16. The lowest BCUT2D eigenvalue weighted by atomic mass is 10.0. The molecule has 2 nitrogen and oxygen atoms in total. The van der Waals surface area contributed by atoms with Crippen molar-refractivity contribution < 1.29 is 4.39 Å². The number of rotatable bonds is 3. The molecule has 1 aliphatic rings. The van der Waals surface area contributed by atoms with E-state index in [0.29, 0.717) is 6.04 Å². The van der Waals surface area contributed by atoms with E-state index in [2.05, 4.69) is 10.6 Å². The van der Waals surface area contributed by atoms with E-state index in [1.54, 1.807) is 6.07 Å². The average Bonchev–Trinajstić information content (AvgIpc) is 2.58. The van der Waals surface area contributed by atoms with Gasteiger partial charge in [-0.25, -0.2) is 4.39 Å². The van der Waals surface area contributed by atoms with Gasteiger partial charge in [-0.15, -0.1) is 0 Å². The minimum absolute atomic E-state index is 0.0827. The molecule has 3 heteroatoms. The Hall–Kier alpha value is -0.930. The van der Waals surface area contributed by atoms with Gasteiger partial charge in [0.05, 0.1) is 0 Å². The van der Waals surface area contributed by atoms with Gasteiger partial charge in [0.1, 0.15) is 5.82 Å². The number of nitrogens with one attached hydrogen (secondary N) is 2. The molecule has 17 heavy (non-hydrogen) atoms. The summed E-state index contributed by atoms with van der Waals surface area (Å²) in [6.07, 6.45) is 3.49. The molecule has 2 N–H and O–H groups in total. The maximum atomic E-state index is 13.6. The second kappa shape index (κ2) is 6.12. The zero-order valence-electron chi connectivity index (χ0n) is 10.4. The van der Waals surface area contributed by atoms with Gasteiger partial charge in [0.15, 0.2) is 0 Å². The van der Waals surface area contributed by atoms with Crippen LogP contribution in [0.1, 0.15) is 37.8 Å². The molecule has 1 aromatic carbocycles. The molecule has 0 bridgehead atoms. The monoisotopic (exact) mass is 236 g/mol. The van der Waals surface area contributed by atoms with Crippen molar-refractivity contribution in [2.75, 3.05) is 13.1 Å². The molecule has 1 heterocycles. The first-order valence-electron chi connectivity index (χ1n) is 6.48. The molecule has 1 aromatic rings. The van der Waals surface area contributed by atoms with Gasteiger partial charge in [0.25, 0.3) is 0 Å². The van der Waals surface area contributed by atoms with Crippen LogP contribution < -0.4 is 10.6 Å². The van der Waals surface area contributed by atoms with E-state index in [1.165, 1.54) is 18.9 Å². The summed E-state index contributed by atoms with van der Waals surface area (Å²) in [6, 6.07) is 7.61. The van der Waals surface area contributed by atoms with E-state index >= 15 is 0 Å². The second-order valence-corrected chi connectivity index (χ2v) is 4.79.